The molecular weight excluding hydrogens is 266 g/mol. The van der Waals surface area contributed by atoms with Crippen LogP contribution in [0.5, 0.6) is 11.5 Å². The number of hydrogen-bond donors (Lipinski definition) is 0. The normalized spacial score (nSPS) is 11.0. The van der Waals surface area contributed by atoms with Gasteiger partial charge in [-0.15, -0.1) is 0 Å². The van der Waals surface area contributed by atoms with Crippen LogP contribution < -0.4 is 9.47 Å². The van der Waals surface area contributed by atoms with Gasteiger partial charge in [0.2, 0.25) is 0 Å². The quantitative estimate of drug-likeness (QED) is 0.465. The average Bonchev–Trinajstić information content (AvgIpc) is 2.55. The van der Waals surface area contributed by atoms with E-state index in [0.29, 0.717) is 18.0 Å². The van der Waals surface area contributed by atoms with Crippen molar-refractivity contribution in [1.82, 2.24) is 0 Å². The monoisotopic (exact) mass is 284 g/mol. The van der Waals surface area contributed by atoms with Gasteiger partial charge in [-0.2, -0.15) is 4.58 Å². The fourth-order valence-electron chi connectivity index (χ4n) is 2.03. The molecule has 0 radical (unpaired) electrons. The van der Waals surface area contributed by atoms with Crippen molar-refractivity contribution in [1.29, 1.82) is 0 Å². The zero-order valence-electron chi connectivity index (χ0n) is 12.2. The van der Waals surface area contributed by atoms with Crippen molar-refractivity contribution in [3.63, 3.8) is 0 Å². The standard InChI is InChI=1S/C17H18NO3/c1-20-16-9-8-15(10-17(16)21-2)12-18(13-19)11-14-6-4-3-5-7-14/h3-11,13H,12H2,1-2H3/q+1. The van der Waals surface area contributed by atoms with Crippen molar-refractivity contribution in [2.24, 2.45) is 0 Å². The van der Waals surface area contributed by atoms with E-state index < -0.39 is 0 Å². The van der Waals surface area contributed by atoms with Crippen LogP contribution in [0.25, 0.3) is 0 Å². The number of nitrogens with zero attached hydrogens (tertiary/aromatic N) is 1. The minimum Gasteiger partial charge on any atom is -0.493 e. The summed E-state index contributed by atoms with van der Waals surface area (Å²) in [5.74, 6) is 1.33. The molecule has 2 rings (SSSR count). The molecule has 2 aromatic rings. The predicted octanol–water partition coefficient (Wildman–Crippen LogP) is 2.49. The fourth-order valence-corrected chi connectivity index (χ4v) is 2.03. The predicted molar refractivity (Wildman–Crippen MR) is 81.2 cm³/mol. The molecule has 21 heavy (non-hydrogen) atoms. The number of carbonyl (C=O) groups is 1. The van der Waals surface area contributed by atoms with Gasteiger partial charge in [0.25, 0.3) is 0 Å². The first-order valence-electron chi connectivity index (χ1n) is 6.58. The van der Waals surface area contributed by atoms with Gasteiger partial charge in [0.15, 0.2) is 24.3 Å². The van der Waals surface area contributed by atoms with Gasteiger partial charge < -0.3 is 9.47 Å². The highest BCUT2D eigenvalue weighted by atomic mass is 16.5. The van der Waals surface area contributed by atoms with Crippen molar-refractivity contribution in [3.8, 4) is 11.5 Å². The van der Waals surface area contributed by atoms with E-state index in [-0.39, 0.29) is 0 Å². The van der Waals surface area contributed by atoms with Gasteiger partial charge in [-0.1, -0.05) is 18.2 Å². The van der Waals surface area contributed by atoms with Crippen molar-refractivity contribution in [2.75, 3.05) is 14.2 Å². The van der Waals surface area contributed by atoms with Crippen LogP contribution in [-0.4, -0.2) is 31.4 Å². The summed E-state index contributed by atoms with van der Waals surface area (Å²) in [6, 6.07) is 15.3. The molecule has 1 amide bonds. The maximum absolute atomic E-state index is 11.2. The summed E-state index contributed by atoms with van der Waals surface area (Å²) >= 11 is 0. The lowest BCUT2D eigenvalue weighted by Crippen LogP contribution is -2.11. The number of benzene rings is 2. The Bertz CT molecular complexity index is 636. The molecule has 0 fully saturated rings. The smallest absolute Gasteiger partial charge is 0.375 e. The van der Waals surface area contributed by atoms with Crippen molar-refractivity contribution in [3.05, 3.63) is 59.7 Å². The first-order valence-corrected chi connectivity index (χ1v) is 6.58. The van der Waals surface area contributed by atoms with Crippen LogP contribution in [0.3, 0.4) is 0 Å². The van der Waals surface area contributed by atoms with Crippen LogP contribution in [0.4, 0.5) is 0 Å². The zero-order chi connectivity index (χ0) is 15.1. The number of amides is 1. The molecule has 0 saturated carbocycles. The first-order chi connectivity index (χ1) is 10.3. The molecule has 0 aliphatic heterocycles. The summed E-state index contributed by atoms with van der Waals surface area (Å²) in [6.07, 6.45) is 2.62. The van der Waals surface area contributed by atoms with Crippen molar-refractivity contribution < 1.29 is 18.8 Å². The van der Waals surface area contributed by atoms with Crippen LogP contribution in [0.1, 0.15) is 11.1 Å². The second kappa shape index (κ2) is 7.24. The highest BCUT2D eigenvalue weighted by molar-refractivity contribution is 5.77. The second-order valence-electron chi connectivity index (χ2n) is 4.51. The maximum atomic E-state index is 11.2. The van der Waals surface area contributed by atoms with E-state index in [4.69, 9.17) is 9.47 Å². The number of hydrogen-bond acceptors (Lipinski definition) is 3. The van der Waals surface area contributed by atoms with E-state index in [1.807, 2.05) is 54.7 Å². The van der Waals surface area contributed by atoms with Gasteiger partial charge in [-0.05, 0) is 30.3 Å². The minimum atomic E-state index is 0.471. The fraction of sp³-hybridized carbons (Fsp3) is 0.176. The molecule has 0 aromatic heterocycles. The van der Waals surface area contributed by atoms with Gasteiger partial charge in [0.1, 0.15) is 0 Å². The van der Waals surface area contributed by atoms with Gasteiger partial charge in [-0.3, -0.25) is 0 Å². The van der Waals surface area contributed by atoms with Gasteiger partial charge in [0.05, 0.1) is 14.2 Å². The highest BCUT2D eigenvalue weighted by Gasteiger charge is 2.09. The second-order valence-corrected chi connectivity index (χ2v) is 4.51. The molecule has 0 spiro atoms. The SMILES string of the molecule is COc1ccc(C[N+](C=O)=Cc2ccccc2)cc1OC. The number of methoxy groups -OCH3 is 2. The van der Waals surface area contributed by atoms with Crippen LogP contribution in [-0.2, 0) is 11.3 Å². The van der Waals surface area contributed by atoms with E-state index in [1.54, 1.807) is 18.8 Å². The van der Waals surface area contributed by atoms with E-state index >= 15 is 0 Å². The molecule has 0 heterocycles. The Morgan fingerprint density at radius 3 is 2.33 bits per heavy atom. The Morgan fingerprint density at radius 1 is 1.00 bits per heavy atom. The Balaban J connectivity index is 2.23. The summed E-state index contributed by atoms with van der Waals surface area (Å²) in [7, 11) is 3.19. The van der Waals surface area contributed by atoms with E-state index in [9.17, 15) is 4.79 Å². The summed E-state index contributed by atoms with van der Waals surface area (Å²) in [4.78, 5) is 11.2. The minimum absolute atomic E-state index is 0.471. The van der Waals surface area contributed by atoms with E-state index in [1.165, 1.54) is 0 Å². The molecule has 0 saturated heterocycles. The number of rotatable bonds is 6. The maximum Gasteiger partial charge on any atom is 0.375 e. The molecule has 0 atom stereocenters. The van der Waals surface area contributed by atoms with Gasteiger partial charge >= 0.3 is 6.41 Å². The Kier molecular flexibility index (Phi) is 5.10. The summed E-state index contributed by atoms with van der Waals surface area (Å²) in [6.45, 7) is 0.471. The third-order valence-corrected chi connectivity index (χ3v) is 3.06. The highest BCUT2D eigenvalue weighted by Crippen LogP contribution is 2.27. The van der Waals surface area contributed by atoms with Crippen LogP contribution in [0, 0.1) is 0 Å². The molecule has 0 bridgehead atoms. The lowest BCUT2D eigenvalue weighted by atomic mass is 10.2. The number of carbonyl (C=O) groups excluding carboxylic acids is 1. The van der Waals surface area contributed by atoms with Crippen LogP contribution in [0.15, 0.2) is 48.5 Å². The Hall–Kier alpha value is -2.62. The Labute approximate surface area is 124 Å². The molecule has 0 aliphatic rings. The topological polar surface area (TPSA) is 38.5 Å². The van der Waals surface area contributed by atoms with E-state index in [0.717, 1.165) is 17.5 Å². The zero-order valence-corrected chi connectivity index (χ0v) is 12.2. The summed E-state index contributed by atoms with van der Waals surface area (Å²) in [5.41, 5.74) is 1.94. The van der Waals surface area contributed by atoms with Gasteiger partial charge in [-0.25, -0.2) is 4.79 Å². The molecule has 108 valence electrons. The first kappa shape index (κ1) is 14.8. The van der Waals surface area contributed by atoms with Crippen LogP contribution in [0.2, 0.25) is 0 Å². The average molecular weight is 284 g/mol. The number of ether oxygens (including phenoxy) is 2. The van der Waals surface area contributed by atoms with Crippen molar-refractivity contribution in [2.45, 2.75) is 6.54 Å². The summed E-state index contributed by atoms with van der Waals surface area (Å²) < 4.78 is 12.1. The molecule has 4 nitrogen and oxygen atoms in total. The molecule has 0 aliphatic carbocycles. The largest absolute Gasteiger partial charge is 0.493 e. The lowest BCUT2D eigenvalue weighted by Gasteiger charge is -2.08. The Morgan fingerprint density at radius 2 is 1.71 bits per heavy atom. The van der Waals surface area contributed by atoms with Crippen LogP contribution >= 0.6 is 0 Å². The molecule has 0 unspecified atom stereocenters. The molecule has 0 N–H and O–H groups in total. The molecule has 2 aromatic carbocycles. The third kappa shape index (κ3) is 3.92. The van der Waals surface area contributed by atoms with Crippen molar-refractivity contribution >= 4 is 12.6 Å². The molecule has 4 heteroatoms. The van der Waals surface area contributed by atoms with Gasteiger partial charge in [0, 0.05) is 11.1 Å². The third-order valence-electron chi connectivity index (χ3n) is 3.06. The molecular formula is C17H18NO3+. The lowest BCUT2D eigenvalue weighted by molar-refractivity contribution is -0.444. The summed E-state index contributed by atoms with van der Waals surface area (Å²) in [5, 5.41) is 0. The van der Waals surface area contributed by atoms with E-state index in [2.05, 4.69) is 0 Å².